The molecule has 0 radical (unpaired) electrons. The molecule has 182 valence electrons. The first-order valence-corrected chi connectivity index (χ1v) is 11.5. The lowest BCUT2D eigenvalue weighted by Crippen LogP contribution is -2.47. The van der Waals surface area contributed by atoms with Crippen molar-refractivity contribution in [3.63, 3.8) is 0 Å². The number of rotatable bonds is 12. The Morgan fingerprint density at radius 1 is 1.00 bits per heavy atom. The molecule has 0 fully saturated rings. The Balaban J connectivity index is 1.58. The molecule has 2 aromatic rings. The number of aliphatic carboxylic acids is 1. The molecule has 1 aliphatic carbocycles. The number of fused-ring (bicyclic) bond motifs is 3. The number of carboxylic acids is 1. The van der Waals surface area contributed by atoms with E-state index in [1.807, 2.05) is 36.4 Å². The van der Waals surface area contributed by atoms with Crippen LogP contribution in [0, 0.1) is 5.92 Å². The molecule has 0 aliphatic heterocycles. The Labute approximate surface area is 199 Å². The number of carboxylic acid groups (broad SMARTS) is 1. The van der Waals surface area contributed by atoms with Crippen LogP contribution in [0.4, 0.5) is 4.79 Å². The van der Waals surface area contributed by atoms with Gasteiger partial charge < -0.3 is 25.2 Å². The predicted octanol–water partition coefficient (Wildman–Crippen LogP) is 3.55. The molecule has 0 aromatic heterocycles. The summed E-state index contributed by atoms with van der Waals surface area (Å²) in [4.78, 5) is 36.2. The van der Waals surface area contributed by atoms with E-state index in [0.29, 0.717) is 25.9 Å². The van der Waals surface area contributed by atoms with Crippen molar-refractivity contribution in [2.75, 3.05) is 26.9 Å². The molecule has 2 unspecified atom stereocenters. The van der Waals surface area contributed by atoms with Gasteiger partial charge in [0.25, 0.3) is 0 Å². The van der Waals surface area contributed by atoms with Gasteiger partial charge in [0.05, 0.1) is 5.92 Å². The maximum absolute atomic E-state index is 12.6. The van der Waals surface area contributed by atoms with E-state index in [1.165, 1.54) is 0 Å². The lowest BCUT2D eigenvalue weighted by molar-refractivity contribution is -0.141. The average molecular weight is 469 g/mol. The van der Waals surface area contributed by atoms with Crippen molar-refractivity contribution in [2.24, 2.45) is 5.92 Å². The normalized spacial score (nSPS) is 13.9. The lowest BCUT2D eigenvalue weighted by Gasteiger charge is -2.20. The van der Waals surface area contributed by atoms with Gasteiger partial charge in [0.2, 0.25) is 5.91 Å². The highest BCUT2D eigenvalue weighted by Crippen LogP contribution is 2.44. The summed E-state index contributed by atoms with van der Waals surface area (Å²) in [6.07, 6.45) is 0.581. The molecular formula is C26H32N2O6. The third-order valence-electron chi connectivity index (χ3n) is 6.09. The van der Waals surface area contributed by atoms with Crippen LogP contribution in [-0.4, -0.2) is 56.0 Å². The van der Waals surface area contributed by atoms with Gasteiger partial charge >= 0.3 is 12.1 Å². The highest BCUT2D eigenvalue weighted by molar-refractivity contribution is 5.85. The molecule has 8 heteroatoms. The zero-order valence-corrected chi connectivity index (χ0v) is 19.6. The minimum absolute atomic E-state index is 0.0728. The minimum Gasteiger partial charge on any atom is -0.481 e. The smallest absolute Gasteiger partial charge is 0.407 e. The number of nitrogens with one attached hydrogen (secondary N) is 2. The second-order valence-corrected chi connectivity index (χ2v) is 8.48. The topological polar surface area (TPSA) is 114 Å². The molecule has 34 heavy (non-hydrogen) atoms. The van der Waals surface area contributed by atoms with E-state index in [1.54, 1.807) is 14.0 Å². The van der Waals surface area contributed by atoms with Gasteiger partial charge in [0.15, 0.2) is 0 Å². The van der Waals surface area contributed by atoms with Crippen molar-refractivity contribution in [1.29, 1.82) is 0 Å². The molecule has 0 saturated carbocycles. The number of ether oxygens (including phenoxy) is 2. The van der Waals surface area contributed by atoms with Crippen LogP contribution in [-0.2, 0) is 19.1 Å². The van der Waals surface area contributed by atoms with Gasteiger partial charge in [-0.1, -0.05) is 55.5 Å². The molecule has 3 rings (SSSR count). The Morgan fingerprint density at radius 2 is 1.62 bits per heavy atom. The van der Waals surface area contributed by atoms with Crippen LogP contribution in [0.25, 0.3) is 11.1 Å². The van der Waals surface area contributed by atoms with Crippen LogP contribution in [0.5, 0.6) is 0 Å². The fourth-order valence-electron chi connectivity index (χ4n) is 4.14. The summed E-state index contributed by atoms with van der Waals surface area (Å²) in [5.74, 6) is -1.93. The Bertz CT molecular complexity index is 963. The van der Waals surface area contributed by atoms with Crippen molar-refractivity contribution in [2.45, 2.75) is 38.1 Å². The number of hydrogen-bond acceptors (Lipinski definition) is 5. The van der Waals surface area contributed by atoms with Crippen molar-refractivity contribution in [3.8, 4) is 11.1 Å². The van der Waals surface area contributed by atoms with E-state index in [-0.39, 0.29) is 25.0 Å². The standard InChI is InChI=1S/C26H32N2O6/c1-17(25(30)31)13-14-27-24(29)23(12-7-15-33-2)28-26(32)34-16-22-20-10-5-3-8-18(20)19-9-4-6-11-21(19)22/h3-6,8-11,17,22-23H,7,12-16H2,1-2H3,(H,27,29)(H,28,32)(H,30,31). The van der Waals surface area contributed by atoms with E-state index in [0.717, 1.165) is 22.3 Å². The first-order chi connectivity index (χ1) is 16.4. The average Bonchev–Trinajstić information content (AvgIpc) is 3.15. The molecule has 0 spiro atoms. The van der Waals surface area contributed by atoms with Crippen LogP contribution in [0.1, 0.15) is 43.2 Å². The Hall–Kier alpha value is -3.39. The molecule has 3 N–H and O–H groups in total. The van der Waals surface area contributed by atoms with E-state index in [2.05, 4.69) is 22.8 Å². The summed E-state index contributed by atoms with van der Waals surface area (Å²) in [5.41, 5.74) is 4.50. The number of hydrogen-bond donors (Lipinski definition) is 3. The molecule has 0 heterocycles. The highest BCUT2D eigenvalue weighted by Gasteiger charge is 2.29. The van der Waals surface area contributed by atoms with Crippen LogP contribution < -0.4 is 10.6 Å². The van der Waals surface area contributed by atoms with Gasteiger partial charge in [0.1, 0.15) is 12.6 Å². The number of carbonyl (C=O) groups is 3. The first-order valence-electron chi connectivity index (χ1n) is 11.5. The van der Waals surface area contributed by atoms with E-state index in [4.69, 9.17) is 14.6 Å². The maximum atomic E-state index is 12.6. The monoisotopic (exact) mass is 468 g/mol. The third kappa shape index (κ3) is 6.35. The molecule has 2 aromatic carbocycles. The van der Waals surface area contributed by atoms with Crippen LogP contribution in [0.2, 0.25) is 0 Å². The van der Waals surface area contributed by atoms with Gasteiger partial charge in [-0.05, 0) is 41.5 Å². The van der Waals surface area contributed by atoms with Gasteiger partial charge in [-0.15, -0.1) is 0 Å². The number of amides is 2. The van der Waals surface area contributed by atoms with Crippen molar-refractivity contribution in [1.82, 2.24) is 10.6 Å². The minimum atomic E-state index is -0.914. The highest BCUT2D eigenvalue weighted by atomic mass is 16.5. The Morgan fingerprint density at radius 3 is 2.21 bits per heavy atom. The second-order valence-electron chi connectivity index (χ2n) is 8.48. The van der Waals surface area contributed by atoms with E-state index < -0.39 is 24.0 Å². The van der Waals surface area contributed by atoms with Gasteiger partial charge in [-0.3, -0.25) is 9.59 Å². The Kier molecular flexibility index (Phi) is 9.04. The lowest BCUT2D eigenvalue weighted by atomic mass is 9.98. The summed E-state index contributed by atoms with van der Waals surface area (Å²) in [6, 6.07) is 15.3. The SMILES string of the molecule is COCCCC(NC(=O)OCC1c2ccccc2-c2ccccc21)C(=O)NCCC(C)C(=O)O. The first kappa shape index (κ1) is 25.2. The summed E-state index contributed by atoms with van der Waals surface area (Å²) in [5, 5.41) is 14.4. The molecule has 0 saturated heterocycles. The van der Waals surface area contributed by atoms with Crippen molar-refractivity contribution < 1.29 is 29.0 Å². The fourth-order valence-corrected chi connectivity index (χ4v) is 4.14. The van der Waals surface area contributed by atoms with Crippen LogP contribution in [0.15, 0.2) is 48.5 Å². The summed E-state index contributed by atoms with van der Waals surface area (Å²) >= 11 is 0. The van der Waals surface area contributed by atoms with Crippen molar-refractivity contribution in [3.05, 3.63) is 59.7 Å². The summed E-state index contributed by atoms with van der Waals surface area (Å²) in [6.45, 7) is 2.40. The molecule has 2 atom stereocenters. The molecule has 0 bridgehead atoms. The van der Waals surface area contributed by atoms with Gasteiger partial charge in [-0.25, -0.2) is 4.79 Å². The molecule has 1 aliphatic rings. The van der Waals surface area contributed by atoms with Gasteiger partial charge in [0, 0.05) is 26.2 Å². The summed E-state index contributed by atoms with van der Waals surface area (Å²) in [7, 11) is 1.57. The number of benzene rings is 2. The zero-order valence-electron chi connectivity index (χ0n) is 19.6. The predicted molar refractivity (Wildman–Crippen MR) is 128 cm³/mol. The maximum Gasteiger partial charge on any atom is 0.407 e. The summed E-state index contributed by atoms with van der Waals surface area (Å²) < 4.78 is 10.6. The van der Waals surface area contributed by atoms with Crippen LogP contribution >= 0.6 is 0 Å². The van der Waals surface area contributed by atoms with Gasteiger partial charge in [-0.2, -0.15) is 0 Å². The zero-order chi connectivity index (χ0) is 24.5. The quantitative estimate of drug-likeness (QED) is 0.411. The number of carbonyl (C=O) groups excluding carboxylic acids is 2. The number of alkyl carbamates (subject to hydrolysis) is 1. The van der Waals surface area contributed by atoms with E-state index >= 15 is 0 Å². The molecule has 2 amide bonds. The number of methoxy groups -OCH3 is 1. The second kappa shape index (κ2) is 12.2. The van der Waals surface area contributed by atoms with Crippen molar-refractivity contribution >= 4 is 18.0 Å². The third-order valence-corrected chi connectivity index (χ3v) is 6.09. The molecular weight excluding hydrogens is 436 g/mol. The fraction of sp³-hybridized carbons (Fsp3) is 0.423. The molecule has 8 nitrogen and oxygen atoms in total. The van der Waals surface area contributed by atoms with E-state index in [9.17, 15) is 14.4 Å². The van der Waals surface area contributed by atoms with Crippen LogP contribution in [0.3, 0.4) is 0 Å². The largest absolute Gasteiger partial charge is 0.481 e.